The van der Waals surface area contributed by atoms with Gasteiger partial charge in [0.15, 0.2) is 0 Å². The minimum absolute atomic E-state index is 0.401. The monoisotopic (exact) mass is 260 g/mol. The second-order valence-electron chi connectivity index (χ2n) is 7.78. The van der Waals surface area contributed by atoms with Crippen LogP contribution in [-0.2, 0) is 0 Å². The quantitative estimate of drug-likeness (QED) is 0.874. The first-order valence-corrected chi connectivity index (χ1v) is 7.43. The van der Waals surface area contributed by atoms with Gasteiger partial charge in [-0.1, -0.05) is 27.7 Å². The molecule has 0 saturated heterocycles. The average molecular weight is 260 g/mol. The first-order valence-electron chi connectivity index (χ1n) is 7.43. The molecule has 1 aromatic rings. The maximum atomic E-state index is 4.09. The number of rotatable bonds is 3. The lowest BCUT2D eigenvalue weighted by Gasteiger charge is -2.46. The molecular weight excluding hydrogens is 232 g/mol. The van der Waals surface area contributed by atoms with Crippen LogP contribution in [0.1, 0.15) is 65.5 Å². The van der Waals surface area contributed by atoms with Crippen molar-refractivity contribution in [1.82, 2.24) is 10.3 Å². The predicted octanol–water partition coefficient (Wildman–Crippen LogP) is 4.34. The molecule has 2 heteroatoms. The van der Waals surface area contributed by atoms with Gasteiger partial charge in [-0.15, -0.1) is 0 Å². The van der Waals surface area contributed by atoms with Gasteiger partial charge in [0.05, 0.1) is 0 Å². The molecule has 0 aliphatic heterocycles. The largest absolute Gasteiger partial charge is 0.307 e. The number of hydrogen-bond donors (Lipinski definition) is 1. The Kier molecular flexibility index (Phi) is 4.00. The lowest BCUT2D eigenvalue weighted by atomic mass is 9.63. The third-order valence-corrected chi connectivity index (χ3v) is 4.25. The molecule has 0 radical (unpaired) electrons. The van der Waals surface area contributed by atoms with Crippen molar-refractivity contribution in [3.8, 4) is 0 Å². The Balaban J connectivity index is 2.03. The van der Waals surface area contributed by atoms with Gasteiger partial charge in [0, 0.05) is 24.5 Å². The summed E-state index contributed by atoms with van der Waals surface area (Å²) < 4.78 is 0. The summed E-state index contributed by atoms with van der Waals surface area (Å²) in [4.78, 5) is 4.09. The fourth-order valence-corrected chi connectivity index (χ4v) is 4.07. The van der Waals surface area contributed by atoms with E-state index in [1.54, 1.807) is 0 Å². The van der Waals surface area contributed by atoms with E-state index in [0.717, 1.165) is 0 Å². The third-order valence-electron chi connectivity index (χ3n) is 4.25. The molecule has 0 aromatic carbocycles. The zero-order valence-corrected chi connectivity index (χ0v) is 13.0. The standard InChI is InChI=1S/C17H28N2/c1-13(14-6-8-18-9-7-14)19-15-10-16(2,3)12-17(4,5)11-15/h6-9,13,15,19H,10-12H2,1-5H3/t13-/m1/s1. The SMILES string of the molecule is C[C@@H](NC1CC(C)(C)CC(C)(C)C1)c1ccncc1. The molecule has 1 atom stereocenters. The van der Waals surface area contributed by atoms with Crippen molar-refractivity contribution >= 4 is 0 Å². The molecule has 1 aliphatic carbocycles. The van der Waals surface area contributed by atoms with Crippen LogP contribution in [0, 0.1) is 10.8 Å². The van der Waals surface area contributed by atoms with Gasteiger partial charge in [0.25, 0.3) is 0 Å². The van der Waals surface area contributed by atoms with Gasteiger partial charge in [-0.3, -0.25) is 4.98 Å². The molecule has 1 saturated carbocycles. The number of pyridine rings is 1. The van der Waals surface area contributed by atoms with Crippen molar-refractivity contribution in [3.63, 3.8) is 0 Å². The Hall–Kier alpha value is -0.890. The molecule has 0 amide bonds. The fraction of sp³-hybridized carbons (Fsp3) is 0.706. The maximum absolute atomic E-state index is 4.09. The summed E-state index contributed by atoms with van der Waals surface area (Å²) in [6, 6.07) is 5.23. The molecule has 2 rings (SSSR count). The van der Waals surface area contributed by atoms with Crippen LogP contribution >= 0.6 is 0 Å². The lowest BCUT2D eigenvalue weighted by molar-refractivity contribution is 0.0811. The highest BCUT2D eigenvalue weighted by molar-refractivity contribution is 5.14. The number of hydrogen-bond acceptors (Lipinski definition) is 2. The summed E-state index contributed by atoms with van der Waals surface area (Å²) in [7, 11) is 0. The minimum Gasteiger partial charge on any atom is -0.307 e. The molecule has 19 heavy (non-hydrogen) atoms. The number of aromatic nitrogens is 1. The van der Waals surface area contributed by atoms with Gasteiger partial charge in [-0.25, -0.2) is 0 Å². The summed E-state index contributed by atoms with van der Waals surface area (Å²) in [5, 5.41) is 3.82. The molecule has 1 fully saturated rings. The smallest absolute Gasteiger partial charge is 0.0295 e. The molecule has 0 bridgehead atoms. The molecule has 1 aromatic heterocycles. The maximum Gasteiger partial charge on any atom is 0.0295 e. The van der Waals surface area contributed by atoms with E-state index in [1.165, 1.54) is 24.8 Å². The van der Waals surface area contributed by atoms with Gasteiger partial charge in [0.2, 0.25) is 0 Å². The second kappa shape index (κ2) is 5.24. The molecule has 2 nitrogen and oxygen atoms in total. The van der Waals surface area contributed by atoms with Crippen LogP contribution < -0.4 is 5.32 Å². The predicted molar refractivity (Wildman–Crippen MR) is 81.0 cm³/mol. The van der Waals surface area contributed by atoms with Crippen LogP contribution in [0.4, 0.5) is 0 Å². The Morgan fingerprint density at radius 3 is 2.16 bits per heavy atom. The Bertz CT molecular complexity index is 393. The Morgan fingerprint density at radius 2 is 1.63 bits per heavy atom. The first kappa shape index (κ1) is 14.5. The van der Waals surface area contributed by atoms with Crippen LogP contribution in [0.15, 0.2) is 24.5 Å². The van der Waals surface area contributed by atoms with Crippen LogP contribution in [-0.4, -0.2) is 11.0 Å². The summed E-state index contributed by atoms with van der Waals surface area (Å²) >= 11 is 0. The Labute approximate surface area is 118 Å². The van der Waals surface area contributed by atoms with Crippen LogP contribution in [0.5, 0.6) is 0 Å². The van der Waals surface area contributed by atoms with E-state index in [4.69, 9.17) is 0 Å². The van der Waals surface area contributed by atoms with E-state index in [-0.39, 0.29) is 0 Å². The summed E-state index contributed by atoms with van der Waals surface area (Å²) in [6.45, 7) is 11.9. The topological polar surface area (TPSA) is 24.9 Å². The van der Waals surface area contributed by atoms with E-state index in [1.807, 2.05) is 12.4 Å². The molecule has 0 unspecified atom stereocenters. The molecule has 1 N–H and O–H groups in total. The van der Waals surface area contributed by atoms with E-state index < -0.39 is 0 Å². The highest BCUT2D eigenvalue weighted by Crippen LogP contribution is 2.46. The van der Waals surface area contributed by atoms with Gasteiger partial charge in [0.1, 0.15) is 0 Å². The van der Waals surface area contributed by atoms with Crippen LogP contribution in [0.2, 0.25) is 0 Å². The molecule has 1 aliphatic rings. The number of nitrogens with zero attached hydrogens (tertiary/aromatic N) is 1. The Morgan fingerprint density at radius 1 is 1.11 bits per heavy atom. The third kappa shape index (κ3) is 4.04. The van der Waals surface area contributed by atoms with Crippen LogP contribution in [0.3, 0.4) is 0 Å². The van der Waals surface area contributed by atoms with Gasteiger partial charge >= 0.3 is 0 Å². The van der Waals surface area contributed by atoms with Crippen molar-refractivity contribution in [2.45, 2.75) is 66.0 Å². The molecule has 1 heterocycles. The normalized spacial score (nSPS) is 24.1. The van der Waals surface area contributed by atoms with Gasteiger partial charge in [-0.05, 0) is 54.7 Å². The van der Waals surface area contributed by atoms with Crippen molar-refractivity contribution in [2.24, 2.45) is 10.8 Å². The first-order chi connectivity index (χ1) is 8.77. The van der Waals surface area contributed by atoms with Gasteiger partial charge < -0.3 is 5.32 Å². The fourth-order valence-electron chi connectivity index (χ4n) is 4.07. The van der Waals surface area contributed by atoms with E-state index in [0.29, 0.717) is 22.9 Å². The van der Waals surface area contributed by atoms with Crippen molar-refractivity contribution in [2.75, 3.05) is 0 Å². The molecular formula is C17H28N2. The van der Waals surface area contributed by atoms with Crippen molar-refractivity contribution < 1.29 is 0 Å². The molecule has 0 spiro atoms. The van der Waals surface area contributed by atoms with Crippen LogP contribution in [0.25, 0.3) is 0 Å². The minimum atomic E-state index is 0.401. The second-order valence-corrected chi connectivity index (χ2v) is 7.78. The lowest BCUT2D eigenvalue weighted by Crippen LogP contribution is -2.44. The highest BCUT2D eigenvalue weighted by Gasteiger charge is 2.38. The van der Waals surface area contributed by atoms with E-state index in [2.05, 4.69) is 57.1 Å². The highest BCUT2D eigenvalue weighted by atomic mass is 15.0. The van der Waals surface area contributed by atoms with E-state index >= 15 is 0 Å². The zero-order valence-electron chi connectivity index (χ0n) is 13.0. The van der Waals surface area contributed by atoms with E-state index in [9.17, 15) is 0 Å². The van der Waals surface area contributed by atoms with Gasteiger partial charge in [-0.2, -0.15) is 0 Å². The molecule has 106 valence electrons. The van der Waals surface area contributed by atoms with Crippen molar-refractivity contribution in [1.29, 1.82) is 0 Å². The number of nitrogens with one attached hydrogen (secondary N) is 1. The summed E-state index contributed by atoms with van der Waals surface area (Å²) in [5.74, 6) is 0. The summed E-state index contributed by atoms with van der Waals surface area (Å²) in [6.07, 6.45) is 7.62. The zero-order chi connectivity index (χ0) is 14.1. The average Bonchev–Trinajstić information content (AvgIpc) is 2.25. The van der Waals surface area contributed by atoms with Crippen molar-refractivity contribution in [3.05, 3.63) is 30.1 Å². The summed E-state index contributed by atoms with van der Waals surface area (Å²) in [5.41, 5.74) is 2.21.